The van der Waals surface area contributed by atoms with Crippen molar-refractivity contribution in [2.75, 3.05) is 13.1 Å². The van der Waals surface area contributed by atoms with Crippen LogP contribution in [0.5, 0.6) is 0 Å². The largest absolute Gasteiger partial charge is 0.459 e. The van der Waals surface area contributed by atoms with E-state index in [2.05, 4.69) is 16.0 Å². The van der Waals surface area contributed by atoms with Crippen molar-refractivity contribution in [3.8, 4) is 0 Å². The van der Waals surface area contributed by atoms with E-state index in [4.69, 9.17) is 27.6 Å². The highest BCUT2D eigenvalue weighted by Crippen LogP contribution is 2.25. The first-order valence-electron chi connectivity index (χ1n) is 7.28. The Morgan fingerprint density at radius 1 is 1.12 bits per heavy atom. The van der Waals surface area contributed by atoms with Crippen molar-refractivity contribution in [1.29, 1.82) is 0 Å². The third-order valence-corrected chi connectivity index (χ3v) is 3.97. The molecule has 0 aliphatic rings. The number of carbonyl (C=O) groups is 2. The van der Waals surface area contributed by atoms with Crippen molar-refractivity contribution in [2.45, 2.75) is 13.0 Å². The molecule has 1 aromatic carbocycles. The van der Waals surface area contributed by atoms with Gasteiger partial charge in [0.05, 0.1) is 22.4 Å². The Morgan fingerprint density at radius 3 is 2.54 bits per heavy atom. The van der Waals surface area contributed by atoms with Crippen molar-refractivity contribution in [3.05, 3.63) is 58.0 Å². The molecule has 2 rings (SSSR count). The topological polar surface area (TPSA) is 83.4 Å². The molecule has 0 saturated heterocycles. The van der Waals surface area contributed by atoms with Crippen molar-refractivity contribution in [2.24, 2.45) is 0 Å². The van der Waals surface area contributed by atoms with E-state index in [1.807, 2.05) is 6.92 Å². The molecule has 6 nitrogen and oxygen atoms in total. The predicted molar refractivity (Wildman–Crippen MR) is 92.5 cm³/mol. The van der Waals surface area contributed by atoms with Crippen LogP contribution >= 0.6 is 23.2 Å². The number of nitrogens with one attached hydrogen (secondary N) is 3. The molecular weight excluding hydrogens is 353 g/mol. The molecule has 3 N–H and O–H groups in total. The summed E-state index contributed by atoms with van der Waals surface area (Å²) in [5.74, 6) is -0.0981. The zero-order valence-corrected chi connectivity index (χ0v) is 14.4. The van der Waals surface area contributed by atoms with E-state index >= 15 is 0 Å². The molecule has 2 aromatic rings. The molecule has 3 amide bonds. The fourth-order valence-electron chi connectivity index (χ4n) is 1.96. The summed E-state index contributed by atoms with van der Waals surface area (Å²) in [7, 11) is 0. The van der Waals surface area contributed by atoms with Gasteiger partial charge in [-0.05, 0) is 36.8 Å². The SMILES string of the molecule is CC(NC(=O)NCCNC(=O)c1ccco1)c1ccc(Cl)c(Cl)c1. The fourth-order valence-corrected chi connectivity index (χ4v) is 2.27. The second-order valence-corrected chi connectivity index (χ2v) is 5.84. The van der Waals surface area contributed by atoms with Gasteiger partial charge < -0.3 is 20.4 Å². The predicted octanol–water partition coefficient (Wildman–Crippen LogP) is 3.38. The lowest BCUT2D eigenvalue weighted by Gasteiger charge is -2.15. The number of furan rings is 1. The normalized spacial score (nSPS) is 11.6. The summed E-state index contributed by atoms with van der Waals surface area (Å²) in [4.78, 5) is 23.5. The number of carbonyl (C=O) groups excluding carboxylic acids is 2. The minimum Gasteiger partial charge on any atom is -0.459 e. The number of benzene rings is 1. The van der Waals surface area contributed by atoms with E-state index in [1.165, 1.54) is 6.26 Å². The molecule has 1 aromatic heterocycles. The summed E-state index contributed by atoms with van der Waals surface area (Å²) < 4.78 is 4.96. The van der Waals surface area contributed by atoms with Gasteiger partial charge in [0.1, 0.15) is 0 Å². The van der Waals surface area contributed by atoms with Gasteiger partial charge in [-0.2, -0.15) is 0 Å². The molecule has 0 aliphatic carbocycles. The van der Waals surface area contributed by atoms with Gasteiger partial charge in [-0.25, -0.2) is 4.79 Å². The van der Waals surface area contributed by atoms with E-state index in [0.29, 0.717) is 10.0 Å². The number of rotatable bonds is 6. The van der Waals surface area contributed by atoms with Gasteiger partial charge in [0.15, 0.2) is 5.76 Å². The van der Waals surface area contributed by atoms with E-state index in [-0.39, 0.29) is 36.8 Å². The van der Waals surface area contributed by atoms with Crippen LogP contribution in [0.4, 0.5) is 4.79 Å². The van der Waals surface area contributed by atoms with Gasteiger partial charge in [-0.3, -0.25) is 4.79 Å². The van der Waals surface area contributed by atoms with Gasteiger partial charge in [-0.1, -0.05) is 29.3 Å². The van der Waals surface area contributed by atoms with E-state index < -0.39 is 0 Å². The third-order valence-electron chi connectivity index (χ3n) is 3.23. The standard InChI is InChI=1S/C16H17Cl2N3O3/c1-10(11-4-5-12(17)13(18)9-11)21-16(23)20-7-6-19-15(22)14-3-2-8-24-14/h2-5,8-10H,6-7H2,1H3,(H,19,22)(H2,20,21,23). The van der Waals surface area contributed by atoms with Crippen LogP contribution in [0.15, 0.2) is 41.0 Å². The average molecular weight is 370 g/mol. The maximum atomic E-state index is 11.8. The highest BCUT2D eigenvalue weighted by molar-refractivity contribution is 6.42. The lowest BCUT2D eigenvalue weighted by molar-refractivity contribution is 0.0926. The van der Waals surface area contributed by atoms with Crippen LogP contribution in [-0.4, -0.2) is 25.0 Å². The Morgan fingerprint density at radius 2 is 1.88 bits per heavy atom. The summed E-state index contributed by atoms with van der Waals surface area (Å²) in [5.41, 5.74) is 0.839. The monoisotopic (exact) mass is 369 g/mol. The number of amides is 3. The van der Waals surface area contributed by atoms with Gasteiger partial charge in [0, 0.05) is 13.1 Å². The summed E-state index contributed by atoms with van der Waals surface area (Å²) in [6, 6.07) is 7.79. The van der Waals surface area contributed by atoms with Crippen LogP contribution in [0.25, 0.3) is 0 Å². The molecule has 1 unspecified atom stereocenters. The molecule has 0 fully saturated rings. The van der Waals surface area contributed by atoms with Crippen LogP contribution in [0.2, 0.25) is 10.0 Å². The maximum absolute atomic E-state index is 11.8. The minimum absolute atomic E-state index is 0.229. The van der Waals surface area contributed by atoms with Crippen LogP contribution in [-0.2, 0) is 0 Å². The van der Waals surface area contributed by atoms with Crippen molar-refractivity contribution in [3.63, 3.8) is 0 Å². The van der Waals surface area contributed by atoms with E-state index in [1.54, 1.807) is 30.3 Å². The maximum Gasteiger partial charge on any atom is 0.315 e. The van der Waals surface area contributed by atoms with Crippen LogP contribution in [0.1, 0.15) is 29.1 Å². The Labute approximate surface area is 149 Å². The molecule has 0 saturated carbocycles. The molecule has 0 bridgehead atoms. The van der Waals surface area contributed by atoms with Crippen LogP contribution in [0, 0.1) is 0 Å². The Balaban J connectivity index is 1.71. The molecule has 0 spiro atoms. The molecule has 0 radical (unpaired) electrons. The van der Waals surface area contributed by atoms with Gasteiger partial charge in [0.2, 0.25) is 0 Å². The molecule has 1 atom stereocenters. The van der Waals surface area contributed by atoms with E-state index in [0.717, 1.165) is 5.56 Å². The smallest absolute Gasteiger partial charge is 0.315 e. The van der Waals surface area contributed by atoms with Crippen LogP contribution < -0.4 is 16.0 Å². The van der Waals surface area contributed by atoms with E-state index in [9.17, 15) is 9.59 Å². The summed E-state index contributed by atoms with van der Waals surface area (Å²) in [6.07, 6.45) is 1.42. The zero-order chi connectivity index (χ0) is 17.5. The molecule has 128 valence electrons. The number of halogens is 2. The van der Waals surface area contributed by atoms with Gasteiger partial charge in [-0.15, -0.1) is 0 Å². The summed E-state index contributed by atoms with van der Waals surface area (Å²) >= 11 is 11.8. The molecular formula is C16H17Cl2N3O3. The first-order valence-corrected chi connectivity index (χ1v) is 8.04. The third kappa shape index (κ3) is 5.18. The van der Waals surface area contributed by atoms with Gasteiger partial charge >= 0.3 is 6.03 Å². The fraction of sp³-hybridized carbons (Fsp3) is 0.250. The highest BCUT2D eigenvalue weighted by Gasteiger charge is 2.11. The van der Waals surface area contributed by atoms with Crippen molar-refractivity contribution in [1.82, 2.24) is 16.0 Å². The molecule has 8 heteroatoms. The lowest BCUT2D eigenvalue weighted by Crippen LogP contribution is -2.41. The Kier molecular flexibility index (Phi) is 6.52. The first kappa shape index (κ1) is 18.2. The van der Waals surface area contributed by atoms with Crippen LogP contribution in [0.3, 0.4) is 0 Å². The highest BCUT2D eigenvalue weighted by atomic mass is 35.5. The number of hydrogen-bond donors (Lipinski definition) is 3. The molecule has 1 heterocycles. The first-order chi connectivity index (χ1) is 11.5. The lowest BCUT2D eigenvalue weighted by atomic mass is 10.1. The quantitative estimate of drug-likeness (QED) is 0.682. The Bertz CT molecular complexity index is 705. The number of urea groups is 1. The van der Waals surface area contributed by atoms with Crippen molar-refractivity contribution < 1.29 is 14.0 Å². The average Bonchev–Trinajstić information content (AvgIpc) is 3.08. The molecule has 24 heavy (non-hydrogen) atoms. The van der Waals surface area contributed by atoms with Gasteiger partial charge in [0.25, 0.3) is 5.91 Å². The van der Waals surface area contributed by atoms with Crippen molar-refractivity contribution >= 4 is 35.1 Å². The Hall–Kier alpha value is -2.18. The zero-order valence-electron chi connectivity index (χ0n) is 12.9. The second-order valence-electron chi connectivity index (χ2n) is 5.03. The number of hydrogen-bond acceptors (Lipinski definition) is 3. The second kappa shape index (κ2) is 8.61. The minimum atomic E-state index is -0.346. The summed E-state index contributed by atoms with van der Waals surface area (Å²) in [6.45, 7) is 2.40. The summed E-state index contributed by atoms with van der Waals surface area (Å²) in [5, 5.41) is 8.96. The molecule has 0 aliphatic heterocycles.